The van der Waals surface area contributed by atoms with E-state index in [1.54, 1.807) is 0 Å². The van der Waals surface area contributed by atoms with Crippen molar-refractivity contribution in [1.29, 1.82) is 0 Å². The first-order valence-electron chi connectivity index (χ1n) is 7.07. The van der Waals surface area contributed by atoms with Gasteiger partial charge in [-0.1, -0.05) is 45.3 Å². The highest BCUT2D eigenvalue weighted by Gasteiger charge is 2.05. The maximum absolute atomic E-state index is 2.33. The molecule has 0 radical (unpaired) electrons. The Morgan fingerprint density at radius 3 is 2.44 bits per heavy atom. The fraction of sp³-hybridized carbons (Fsp3) is 0.867. The largest absolute Gasteiger partial charge is 0.159 e. The van der Waals surface area contributed by atoms with Crippen LogP contribution >= 0.6 is 11.8 Å². The molecule has 0 aliphatic heterocycles. The number of hydrogen-bond donors (Lipinski definition) is 0. The second-order valence-corrected chi connectivity index (χ2v) is 5.87. The second-order valence-electron chi connectivity index (χ2n) is 4.46. The van der Waals surface area contributed by atoms with E-state index in [-0.39, 0.29) is 0 Å². The first-order valence-corrected chi connectivity index (χ1v) is 8.12. The Labute approximate surface area is 107 Å². The summed E-state index contributed by atoms with van der Waals surface area (Å²) in [5.74, 6) is 1.35. The zero-order chi connectivity index (χ0) is 12.1. The van der Waals surface area contributed by atoms with Crippen LogP contribution in [0.25, 0.3) is 0 Å². The summed E-state index contributed by atoms with van der Waals surface area (Å²) in [6.45, 7) is 6.72. The summed E-state index contributed by atoms with van der Waals surface area (Å²) in [7, 11) is 0. The molecule has 0 saturated heterocycles. The van der Waals surface area contributed by atoms with Crippen LogP contribution in [0, 0.1) is 0 Å². The molecular formula is C15H30S. The Bertz CT molecular complexity index is 152. The molecule has 0 aliphatic rings. The van der Waals surface area contributed by atoms with Crippen LogP contribution in [-0.4, -0.2) is 11.0 Å². The van der Waals surface area contributed by atoms with Gasteiger partial charge in [-0.05, 0) is 44.8 Å². The fourth-order valence-corrected chi connectivity index (χ4v) is 2.98. The van der Waals surface area contributed by atoms with Crippen molar-refractivity contribution in [2.75, 3.05) is 5.75 Å². The van der Waals surface area contributed by atoms with Crippen molar-refractivity contribution in [1.82, 2.24) is 0 Å². The minimum atomic E-state index is 0.926. The predicted octanol–water partition coefficient (Wildman–Crippen LogP) is 5.82. The fourth-order valence-electron chi connectivity index (χ4n) is 1.84. The van der Waals surface area contributed by atoms with Gasteiger partial charge >= 0.3 is 0 Å². The smallest absolute Gasteiger partial charge is 0.00444 e. The monoisotopic (exact) mass is 242 g/mol. The van der Waals surface area contributed by atoms with Gasteiger partial charge in [0.25, 0.3) is 0 Å². The van der Waals surface area contributed by atoms with Crippen LogP contribution in [0.1, 0.15) is 72.1 Å². The molecule has 16 heavy (non-hydrogen) atoms. The first kappa shape index (κ1) is 16.1. The summed E-state index contributed by atoms with van der Waals surface area (Å²) < 4.78 is 0. The van der Waals surface area contributed by atoms with E-state index in [1.165, 1.54) is 57.1 Å². The van der Waals surface area contributed by atoms with E-state index in [0.29, 0.717) is 0 Å². The third-order valence-electron chi connectivity index (χ3n) is 2.90. The van der Waals surface area contributed by atoms with Crippen molar-refractivity contribution in [3.05, 3.63) is 12.2 Å². The lowest BCUT2D eigenvalue weighted by molar-refractivity contribution is 0.599. The SMILES string of the molecule is CC=CCCCCCCC(CC)SCCC. The zero-order valence-corrected chi connectivity index (χ0v) is 12.3. The molecule has 1 heteroatoms. The van der Waals surface area contributed by atoms with E-state index < -0.39 is 0 Å². The summed E-state index contributed by atoms with van der Waals surface area (Å²) in [5.41, 5.74) is 0. The Balaban J connectivity index is 3.27. The third kappa shape index (κ3) is 10.6. The van der Waals surface area contributed by atoms with Gasteiger partial charge in [-0.15, -0.1) is 0 Å². The quantitative estimate of drug-likeness (QED) is 0.325. The molecule has 0 nitrogen and oxygen atoms in total. The molecule has 0 heterocycles. The number of thioether (sulfide) groups is 1. The number of rotatable bonds is 11. The summed E-state index contributed by atoms with van der Waals surface area (Å²) in [6.07, 6.45) is 15.5. The minimum absolute atomic E-state index is 0.926. The molecule has 0 spiro atoms. The molecule has 0 aliphatic carbocycles. The first-order chi connectivity index (χ1) is 7.85. The Morgan fingerprint density at radius 1 is 1.06 bits per heavy atom. The maximum Gasteiger partial charge on any atom is 0.00444 e. The standard InChI is InChI=1S/C15H30S/c1-4-7-8-9-10-11-12-13-15(6-3)16-14-5-2/h4,7,15H,5-6,8-14H2,1-3H3. The van der Waals surface area contributed by atoms with Crippen LogP contribution in [0.15, 0.2) is 12.2 Å². The molecule has 0 aromatic carbocycles. The lowest BCUT2D eigenvalue weighted by Crippen LogP contribution is -2.01. The summed E-state index contributed by atoms with van der Waals surface area (Å²) in [6, 6.07) is 0. The summed E-state index contributed by atoms with van der Waals surface area (Å²) in [4.78, 5) is 0. The van der Waals surface area contributed by atoms with Gasteiger partial charge in [-0.25, -0.2) is 0 Å². The minimum Gasteiger partial charge on any atom is -0.159 e. The van der Waals surface area contributed by atoms with Crippen molar-refractivity contribution in [2.45, 2.75) is 77.4 Å². The predicted molar refractivity (Wildman–Crippen MR) is 79.3 cm³/mol. The number of allylic oxidation sites excluding steroid dienone is 2. The van der Waals surface area contributed by atoms with E-state index in [0.717, 1.165) is 5.25 Å². The molecule has 0 fully saturated rings. The maximum atomic E-state index is 2.33. The van der Waals surface area contributed by atoms with Crippen LogP contribution in [0.5, 0.6) is 0 Å². The van der Waals surface area contributed by atoms with Gasteiger partial charge < -0.3 is 0 Å². The average Bonchev–Trinajstić information content (AvgIpc) is 2.32. The van der Waals surface area contributed by atoms with E-state index in [9.17, 15) is 0 Å². The van der Waals surface area contributed by atoms with Crippen molar-refractivity contribution < 1.29 is 0 Å². The Kier molecular flexibility index (Phi) is 13.2. The van der Waals surface area contributed by atoms with Gasteiger partial charge in [0, 0.05) is 5.25 Å². The normalized spacial score (nSPS) is 13.4. The third-order valence-corrected chi connectivity index (χ3v) is 4.58. The van der Waals surface area contributed by atoms with Gasteiger partial charge in [-0.2, -0.15) is 11.8 Å². The molecule has 0 aromatic heterocycles. The molecule has 0 saturated carbocycles. The van der Waals surface area contributed by atoms with Crippen LogP contribution < -0.4 is 0 Å². The molecule has 0 N–H and O–H groups in total. The van der Waals surface area contributed by atoms with E-state index in [1.807, 2.05) is 0 Å². The van der Waals surface area contributed by atoms with Crippen molar-refractivity contribution in [3.63, 3.8) is 0 Å². The molecule has 1 unspecified atom stereocenters. The van der Waals surface area contributed by atoms with Gasteiger partial charge in [0.15, 0.2) is 0 Å². The van der Waals surface area contributed by atoms with E-state index in [2.05, 4.69) is 44.7 Å². The number of hydrogen-bond acceptors (Lipinski definition) is 1. The van der Waals surface area contributed by atoms with Crippen molar-refractivity contribution in [3.8, 4) is 0 Å². The highest BCUT2D eigenvalue weighted by Crippen LogP contribution is 2.21. The van der Waals surface area contributed by atoms with Gasteiger partial charge in [0.2, 0.25) is 0 Å². The highest BCUT2D eigenvalue weighted by molar-refractivity contribution is 7.99. The van der Waals surface area contributed by atoms with E-state index in [4.69, 9.17) is 0 Å². The molecular weight excluding hydrogens is 212 g/mol. The molecule has 0 amide bonds. The van der Waals surface area contributed by atoms with Gasteiger partial charge in [-0.3, -0.25) is 0 Å². The Hall–Kier alpha value is 0.0900. The van der Waals surface area contributed by atoms with E-state index >= 15 is 0 Å². The number of unbranched alkanes of at least 4 members (excludes halogenated alkanes) is 4. The summed E-state index contributed by atoms with van der Waals surface area (Å²) in [5, 5.41) is 0.926. The van der Waals surface area contributed by atoms with Gasteiger partial charge in [0.05, 0.1) is 0 Å². The van der Waals surface area contributed by atoms with Crippen LogP contribution in [0.4, 0.5) is 0 Å². The Morgan fingerprint density at radius 2 is 1.81 bits per heavy atom. The van der Waals surface area contributed by atoms with Crippen LogP contribution in [0.2, 0.25) is 0 Å². The molecule has 0 aromatic rings. The molecule has 0 rings (SSSR count). The van der Waals surface area contributed by atoms with Crippen LogP contribution in [0.3, 0.4) is 0 Å². The summed E-state index contributed by atoms with van der Waals surface area (Å²) >= 11 is 2.18. The molecule has 96 valence electrons. The van der Waals surface area contributed by atoms with Crippen molar-refractivity contribution >= 4 is 11.8 Å². The lowest BCUT2D eigenvalue weighted by atomic mass is 10.1. The second kappa shape index (κ2) is 13.2. The van der Waals surface area contributed by atoms with Gasteiger partial charge in [0.1, 0.15) is 0 Å². The zero-order valence-electron chi connectivity index (χ0n) is 11.5. The average molecular weight is 242 g/mol. The highest BCUT2D eigenvalue weighted by atomic mass is 32.2. The molecule has 1 atom stereocenters. The van der Waals surface area contributed by atoms with Crippen LogP contribution in [-0.2, 0) is 0 Å². The van der Waals surface area contributed by atoms with Crippen molar-refractivity contribution in [2.24, 2.45) is 0 Å². The molecule has 0 bridgehead atoms. The lowest BCUT2D eigenvalue weighted by Gasteiger charge is -2.13. The topological polar surface area (TPSA) is 0 Å².